The summed E-state index contributed by atoms with van der Waals surface area (Å²) in [6.07, 6.45) is 3.66. The van der Waals surface area contributed by atoms with E-state index in [4.69, 9.17) is 10.5 Å². The van der Waals surface area contributed by atoms with E-state index in [1.165, 1.54) is 11.6 Å². The number of hydrogen-bond acceptors (Lipinski definition) is 5. The second-order valence-corrected chi connectivity index (χ2v) is 9.04. The molecular formula is C22H27FN4O3. The van der Waals surface area contributed by atoms with Crippen LogP contribution in [-0.2, 0) is 22.4 Å². The standard InChI is InChI=1S/C22H27FN4O3/c1-12-15-6-7-22(2,3)10-18(15)27(26-12)14-8-16(23)20(21(24)29)17(9-14)25-13-4-5-19(28)30-11-13/h8-9,13,25H,4-7,10-11H2,1-3H3,(H2,24,29). The fourth-order valence-electron chi connectivity index (χ4n) is 4.39. The van der Waals surface area contributed by atoms with Gasteiger partial charge in [0.2, 0.25) is 0 Å². The lowest BCUT2D eigenvalue weighted by Crippen LogP contribution is -2.33. The molecule has 3 N–H and O–H groups in total. The van der Waals surface area contributed by atoms with E-state index >= 15 is 0 Å². The number of aromatic nitrogens is 2. The second-order valence-electron chi connectivity index (χ2n) is 9.04. The molecule has 1 amide bonds. The number of aryl methyl sites for hydroxylation is 1. The van der Waals surface area contributed by atoms with Gasteiger partial charge >= 0.3 is 5.97 Å². The Kier molecular flexibility index (Phi) is 5.03. The highest BCUT2D eigenvalue weighted by atomic mass is 19.1. The van der Waals surface area contributed by atoms with E-state index in [0.717, 1.165) is 30.7 Å². The van der Waals surface area contributed by atoms with Crippen molar-refractivity contribution in [3.63, 3.8) is 0 Å². The summed E-state index contributed by atoms with van der Waals surface area (Å²) < 4.78 is 21.9. The highest BCUT2D eigenvalue weighted by Gasteiger charge is 2.31. The van der Waals surface area contributed by atoms with Crippen LogP contribution in [0, 0.1) is 18.2 Å². The van der Waals surface area contributed by atoms with Crippen LogP contribution < -0.4 is 11.1 Å². The van der Waals surface area contributed by atoms with Gasteiger partial charge in [-0.05, 0) is 49.7 Å². The molecule has 1 atom stereocenters. The van der Waals surface area contributed by atoms with Gasteiger partial charge in [-0.25, -0.2) is 9.07 Å². The first-order chi connectivity index (χ1) is 14.1. The predicted molar refractivity (Wildman–Crippen MR) is 110 cm³/mol. The number of esters is 1. The van der Waals surface area contributed by atoms with E-state index in [-0.39, 0.29) is 41.7 Å². The maximum Gasteiger partial charge on any atom is 0.305 e. The summed E-state index contributed by atoms with van der Waals surface area (Å²) in [6.45, 7) is 6.57. The van der Waals surface area contributed by atoms with Crippen molar-refractivity contribution in [2.24, 2.45) is 11.1 Å². The monoisotopic (exact) mass is 414 g/mol. The van der Waals surface area contributed by atoms with E-state index in [9.17, 15) is 14.0 Å². The maximum atomic E-state index is 15.0. The van der Waals surface area contributed by atoms with Crippen LogP contribution in [0.25, 0.3) is 5.69 Å². The lowest BCUT2D eigenvalue weighted by molar-refractivity contribution is -0.147. The highest BCUT2D eigenvalue weighted by molar-refractivity contribution is 5.99. The summed E-state index contributed by atoms with van der Waals surface area (Å²) >= 11 is 0. The number of halogens is 1. The Hall–Kier alpha value is -2.90. The van der Waals surface area contributed by atoms with E-state index in [1.54, 1.807) is 10.7 Å². The maximum absolute atomic E-state index is 15.0. The highest BCUT2D eigenvalue weighted by Crippen LogP contribution is 2.37. The first-order valence-corrected chi connectivity index (χ1v) is 10.3. The smallest absolute Gasteiger partial charge is 0.305 e. The molecule has 0 bridgehead atoms. The van der Waals surface area contributed by atoms with Crippen LogP contribution in [0.5, 0.6) is 0 Å². The van der Waals surface area contributed by atoms with E-state index in [1.807, 2.05) is 6.92 Å². The number of anilines is 1. The van der Waals surface area contributed by atoms with Crippen molar-refractivity contribution < 1.29 is 18.7 Å². The van der Waals surface area contributed by atoms with Gasteiger partial charge in [-0.3, -0.25) is 9.59 Å². The first kappa shape index (κ1) is 20.4. The molecule has 1 fully saturated rings. The van der Waals surface area contributed by atoms with Crippen LogP contribution in [-0.4, -0.2) is 34.3 Å². The van der Waals surface area contributed by atoms with Gasteiger partial charge in [-0.15, -0.1) is 0 Å². The van der Waals surface area contributed by atoms with Gasteiger partial charge in [0.25, 0.3) is 5.91 Å². The molecule has 1 aliphatic carbocycles. The van der Waals surface area contributed by atoms with Gasteiger partial charge < -0.3 is 15.8 Å². The number of carbonyl (C=O) groups excluding carboxylic acids is 2. The van der Waals surface area contributed by atoms with E-state index in [2.05, 4.69) is 24.3 Å². The van der Waals surface area contributed by atoms with Crippen LogP contribution in [0.3, 0.4) is 0 Å². The Bertz CT molecular complexity index is 1020. The molecule has 0 radical (unpaired) electrons. The molecule has 1 unspecified atom stereocenters. The Morgan fingerprint density at radius 3 is 2.80 bits per heavy atom. The summed E-state index contributed by atoms with van der Waals surface area (Å²) in [5, 5.41) is 7.82. The predicted octanol–water partition coefficient (Wildman–Crippen LogP) is 3.05. The molecule has 8 heteroatoms. The molecular weight excluding hydrogens is 387 g/mol. The number of rotatable bonds is 4. The second kappa shape index (κ2) is 7.41. The zero-order valence-corrected chi connectivity index (χ0v) is 17.5. The largest absolute Gasteiger partial charge is 0.463 e. The minimum atomic E-state index is -0.853. The Morgan fingerprint density at radius 2 is 2.13 bits per heavy atom. The molecule has 2 aromatic rings. The van der Waals surface area contributed by atoms with Gasteiger partial charge in [-0.1, -0.05) is 13.8 Å². The number of primary amides is 1. The Balaban J connectivity index is 1.76. The van der Waals surface area contributed by atoms with Crippen molar-refractivity contribution in [1.82, 2.24) is 9.78 Å². The van der Waals surface area contributed by atoms with Crippen LogP contribution in [0.15, 0.2) is 12.1 Å². The number of nitrogens with one attached hydrogen (secondary N) is 1. The fraction of sp³-hybridized carbons (Fsp3) is 0.500. The number of cyclic esters (lactones) is 1. The number of fused-ring (bicyclic) bond motifs is 1. The molecule has 1 aromatic heterocycles. The average Bonchev–Trinajstić information content (AvgIpc) is 2.97. The summed E-state index contributed by atoms with van der Waals surface area (Å²) in [7, 11) is 0. The lowest BCUT2D eigenvalue weighted by Gasteiger charge is -2.30. The van der Waals surface area contributed by atoms with Crippen LogP contribution in [0.1, 0.15) is 60.4 Å². The van der Waals surface area contributed by atoms with E-state index in [0.29, 0.717) is 12.1 Å². The molecule has 0 saturated carbocycles. The third-order valence-corrected chi connectivity index (χ3v) is 6.06. The average molecular weight is 414 g/mol. The zero-order valence-electron chi connectivity index (χ0n) is 17.5. The molecule has 7 nitrogen and oxygen atoms in total. The number of carbonyl (C=O) groups is 2. The number of nitrogens with zero attached hydrogens (tertiary/aromatic N) is 2. The molecule has 1 saturated heterocycles. The van der Waals surface area contributed by atoms with Crippen LogP contribution >= 0.6 is 0 Å². The lowest BCUT2D eigenvalue weighted by atomic mass is 9.76. The number of benzene rings is 1. The molecule has 2 aliphatic rings. The first-order valence-electron chi connectivity index (χ1n) is 10.3. The van der Waals surface area contributed by atoms with Crippen molar-refractivity contribution >= 4 is 17.6 Å². The third-order valence-electron chi connectivity index (χ3n) is 6.06. The van der Waals surface area contributed by atoms with Crippen LogP contribution in [0.4, 0.5) is 10.1 Å². The van der Waals surface area contributed by atoms with Crippen molar-refractivity contribution in [1.29, 1.82) is 0 Å². The van der Waals surface area contributed by atoms with Gasteiger partial charge in [-0.2, -0.15) is 5.10 Å². The minimum Gasteiger partial charge on any atom is -0.463 e. The molecule has 1 aromatic carbocycles. The van der Waals surface area contributed by atoms with Crippen molar-refractivity contribution in [2.45, 2.75) is 58.9 Å². The molecule has 4 rings (SSSR count). The number of hydrogen-bond donors (Lipinski definition) is 2. The third kappa shape index (κ3) is 3.78. The van der Waals surface area contributed by atoms with Crippen molar-refractivity contribution in [2.75, 3.05) is 11.9 Å². The van der Waals surface area contributed by atoms with Gasteiger partial charge in [0.1, 0.15) is 12.4 Å². The van der Waals surface area contributed by atoms with Gasteiger partial charge in [0.05, 0.1) is 28.7 Å². The normalized spacial score (nSPS) is 20.4. The summed E-state index contributed by atoms with van der Waals surface area (Å²) in [4.78, 5) is 23.3. The summed E-state index contributed by atoms with van der Waals surface area (Å²) in [6, 6.07) is 2.79. The number of nitrogens with two attached hydrogens (primary N) is 1. The van der Waals surface area contributed by atoms with E-state index < -0.39 is 11.7 Å². The van der Waals surface area contributed by atoms with Crippen LogP contribution in [0.2, 0.25) is 0 Å². The quantitative estimate of drug-likeness (QED) is 0.749. The number of amides is 1. The summed E-state index contributed by atoms with van der Waals surface area (Å²) in [5.41, 5.74) is 9.44. The fourth-order valence-corrected chi connectivity index (χ4v) is 4.39. The van der Waals surface area contributed by atoms with Crippen molar-refractivity contribution in [3.8, 4) is 5.69 Å². The van der Waals surface area contributed by atoms with Crippen molar-refractivity contribution in [3.05, 3.63) is 40.5 Å². The zero-order chi connectivity index (χ0) is 21.6. The summed E-state index contributed by atoms with van der Waals surface area (Å²) in [5.74, 6) is -1.81. The molecule has 30 heavy (non-hydrogen) atoms. The molecule has 2 heterocycles. The number of ether oxygens (including phenoxy) is 1. The van der Waals surface area contributed by atoms with Gasteiger partial charge in [0, 0.05) is 18.2 Å². The topological polar surface area (TPSA) is 99.2 Å². The van der Waals surface area contributed by atoms with Gasteiger partial charge in [0.15, 0.2) is 0 Å². The molecule has 1 aliphatic heterocycles. The minimum absolute atomic E-state index is 0.135. The SMILES string of the molecule is Cc1nn(-c2cc(F)c(C(N)=O)c(NC3CCC(=O)OC3)c2)c2c1CCC(C)(C)C2. The molecule has 160 valence electrons. The Labute approximate surface area is 174 Å². The Morgan fingerprint density at radius 1 is 1.37 bits per heavy atom. The molecule has 0 spiro atoms.